The van der Waals surface area contributed by atoms with E-state index < -0.39 is 0 Å². The predicted molar refractivity (Wildman–Crippen MR) is 58.1 cm³/mol. The van der Waals surface area contributed by atoms with Gasteiger partial charge in [0.2, 0.25) is 5.91 Å². The van der Waals surface area contributed by atoms with Gasteiger partial charge in [-0.25, -0.2) is 0 Å². The third-order valence-corrected chi connectivity index (χ3v) is 2.98. The van der Waals surface area contributed by atoms with E-state index in [-0.39, 0.29) is 11.8 Å². The fourth-order valence-electron chi connectivity index (χ4n) is 1.69. The molecule has 0 spiro atoms. The molecule has 82 valence electrons. The highest BCUT2D eigenvalue weighted by atomic mass is 16.1. The Morgan fingerprint density at radius 3 is 3.00 bits per heavy atom. The molecule has 1 saturated heterocycles. The average molecular weight is 198 g/mol. The molecule has 2 N–H and O–H groups in total. The molecule has 1 rings (SSSR count). The summed E-state index contributed by atoms with van der Waals surface area (Å²) in [5.41, 5.74) is 0. The van der Waals surface area contributed by atoms with E-state index in [0.717, 1.165) is 32.4 Å². The Bertz CT molecular complexity index is 174. The smallest absolute Gasteiger partial charge is 0.223 e. The number of hydrogen-bond donors (Lipinski definition) is 2. The van der Waals surface area contributed by atoms with Gasteiger partial charge in [0.25, 0.3) is 0 Å². The van der Waals surface area contributed by atoms with Crippen molar-refractivity contribution < 1.29 is 4.79 Å². The van der Waals surface area contributed by atoms with E-state index in [1.54, 1.807) is 0 Å². The normalized spacial score (nSPS) is 25.1. The lowest BCUT2D eigenvalue weighted by Crippen LogP contribution is -2.38. The van der Waals surface area contributed by atoms with Crippen LogP contribution < -0.4 is 10.6 Å². The molecule has 0 saturated carbocycles. The quantitative estimate of drug-likeness (QED) is 0.717. The minimum absolute atomic E-state index is 0.159. The lowest BCUT2D eigenvalue weighted by molar-refractivity contribution is -0.125. The second-order valence-corrected chi connectivity index (χ2v) is 4.20. The van der Waals surface area contributed by atoms with Gasteiger partial charge in [-0.1, -0.05) is 13.8 Å². The lowest BCUT2D eigenvalue weighted by Gasteiger charge is -2.18. The van der Waals surface area contributed by atoms with Gasteiger partial charge in [-0.3, -0.25) is 4.79 Å². The van der Waals surface area contributed by atoms with E-state index in [1.807, 2.05) is 6.92 Å². The van der Waals surface area contributed by atoms with Crippen LogP contribution in [-0.2, 0) is 4.79 Å². The van der Waals surface area contributed by atoms with Crippen molar-refractivity contribution in [3.8, 4) is 0 Å². The van der Waals surface area contributed by atoms with E-state index in [4.69, 9.17) is 0 Å². The zero-order valence-corrected chi connectivity index (χ0v) is 9.31. The van der Waals surface area contributed by atoms with Gasteiger partial charge < -0.3 is 10.6 Å². The van der Waals surface area contributed by atoms with Gasteiger partial charge in [0, 0.05) is 12.0 Å². The summed E-state index contributed by atoms with van der Waals surface area (Å²) in [7, 11) is 0. The van der Waals surface area contributed by atoms with Gasteiger partial charge in [-0.15, -0.1) is 0 Å². The van der Waals surface area contributed by atoms with E-state index >= 15 is 0 Å². The van der Waals surface area contributed by atoms with Crippen molar-refractivity contribution in [2.45, 2.75) is 45.6 Å². The largest absolute Gasteiger partial charge is 0.353 e. The van der Waals surface area contributed by atoms with E-state index in [0.29, 0.717) is 6.04 Å². The van der Waals surface area contributed by atoms with Gasteiger partial charge in [-0.05, 0) is 38.8 Å². The van der Waals surface area contributed by atoms with Crippen molar-refractivity contribution in [3.63, 3.8) is 0 Å². The summed E-state index contributed by atoms with van der Waals surface area (Å²) < 4.78 is 0. The van der Waals surface area contributed by atoms with E-state index in [2.05, 4.69) is 17.6 Å². The molecule has 2 unspecified atom stereocenters. The number of amides is 1. The van der Waals surface area contributed by atoms with Crippen molar-refractivity contribution >= 4 is 5.91 Å². The summed E-state index contributed by atoms with van der Waals surface area (Å²) in [4.78, 5) is 11.6. The summed E-state index contributed by atoms with van der Waals surface area (Å²) in [5.74, 6) is 0.380. The van der Waals surface area contributed by atoms with Crippen molar-refractivity contribution in [1.82, 2.24) is 10.6 Å². The third-order valence-electron chi connectivity index (χ3n) is 2.98. The van der Waals surface area contributed by atoms with Crippen LogP contribution in [0.4, 0.5) is 0 Å². The maximum atomic E-state index is 11.6. The Morgan fingerprint density at radius 2 is 2.29 bits per heavy atom. The molecule has 14 heavy (non-hydrogen) atoms. The fourth-order valence-corrected chi connectivity index (χ4v) is 1.69. The monoisotopic (exact) mass is 198 g/mol. The van der Waals surface area contributed by atoms with Crippen LogP contribution in [-0.4, -0.2) is 25.0 Å². The highest BCUT2D eigenvalue weighted by Gasteiger charge is 2.17. The second-order valence-electron chi connectivity index (χ2n) is 4.20. The molecule has 1 amide bonds. The Labute approximate surface area is 86.6 Å². The fraction of sp³-hybridized carbons (Fsp3) is 0.909. The number of rotatable bonds is 3. The first-order valence-corrected chi connectivity index (χ1v) is 5.75. The Balaban J connectivity index is 2.30. The van der Waals surface area contributed by atoms with E-state index in [9.17, 15) is 4.79 Å². The molecule has 1 aliphatic heterocycles. The molecule has 3 heteroatoms. The van der Waals surface area contributed by atoms with Crippen LogP contribution in [0.25, 0.3) is 0 Å². The summed E-state index contributed by atoms with van der Waals surface area (Å²) in [6, 6.07) is 0.395. The molecule has 0 aliphatic carbocycles. The Morgan fingerprint density at radius 1 is 1.50 bits per heavy atom. The number of carbonyl (C=O) groups excluding carboxylic acids is 1. The first kappa shape index (κ1) is 11.5. The molecule has 2 atom stereocenters. The Hall–Kier alpha value is -0.570. The maximum absolute atomic E-state index is 11.6. The molecule has 0 radical (unpaired) electrons. The van der Waals surface area contributed by atoms with Gasteiger partial charge in [0.1, 0.15) is 0 Å². The van der Waals surface area contributed by atoms with Crippen molar-refractivity contribution in [2.75, 3.05) is 13.1 Å². The summed E-state index contributed by atoms with van der Waals surface area (Å²) >= 11 is 0. The van der Waals surface area contributed by atoms with Crippen LogP contribution in [0, 0.1) is 5.92 Å². The summed E-state index contributed by atoms with van der Waals surface area (Å²) in [6.45, 7) is 6.17. The van der Waals surface area contributed by atoms with Crippen molar-refractivity contribution in [2.24, 2.45) is 5.92 Å². The van der Waals surface area contributed by atoms with Gasteiger partial charge in [0.05, 0.1) is 0 Å². The maximum Gasteiger partial charge on any atom is 0.223 e. The minimum Gasteiger partial charge on any atom is -0.353 e. The standard InChI is InChI=1S/C11H22N2O/c1-3-9(2)11(14)13-10-5-4-7-12-8-6-10/h9-10,12H,3-8H2,1-2H3,(H,13,14). The number of nitrogens with one attached hydrogen (secondary N) is 2. The lowest BCUT2D eigenvalue weighted by atomic mass is 10.1. The van der Waals surface area contributed by atoms with Crippen molar-refractivity contribution in [1.29, 1.82) is 0 Å². The first-order valence-electron chi connectivity index (χ1n) is 5.75. The van der Waals surface area contributed by atoms with Crippen LogP contribution >= 0.6 is 0 Å². The molecule has 1 heterocycles. The Kier molecular flexibility index (Phi) is 4.94. The number of hydrogen-bond acceptors (Lipinski definition) is 2. The molecule has 3 nitrogen and oxygen atoms in total. The molecule has 0 aromatic rings. The molecular weight excluding hydrogens is 176 g/mol. The third kappa shape index (κ3) is 3.66. The zero-order valence-electron chi connectivity index (χ0n) is 9.31. The highest BCUT2D eigenvalue weighted by Crippen LogP contribution is 2.07. The van der Waals surface area contributed by atoms with Crippen LogP contribution in [0.2, 0.25) is 0 Å². The predicted octanol–water partition coefficient (Wildman–Crippen LogP) is 1.29. The van der Waals surface area contributed by atoms with Crippen LogP contribution in [0.3, 0.4) is 0 Å². The zero-order chi connectivity index (χ0) is 10.4. The molecule has 1 aliphatic rings. The van der Waals surface area contributed by atoms with Crippen LogP contribution in [0.1, 0.15) is 39.5 Å². The van der Waals surface area contributed by atoms with Gasteiger partial charge in [-0.2, -0.15) is 0 Å². The molecule has 0 bridgehead atoms. The average Bonchev–Trinajstić information content (AvgIpc) is 2.45. The highest BCUT2D eigenvalue weighted by molar-refractivity contribution is 5.78. The van der Waals surface area contributed by atoms with Crippen molar-refractivity contribution in [3.05, 3.63) is 0 Å². The minimum atomic E-state index is 0.159. The molecule has 0 aromatic heterocycles. The molecule has 1 fully saturated rings. The summed E-state index contributed by atoms with van der Waals surface area (Å²) in [6.07, 6.45) is 4.29. The van der Waals surface area contributed by atoms with Crippen LogP contribution in [0.15, 0.2) is 0 Å². The number of carbonyl (C=O) groups is 1. The second kappa shape index (κ2) is 6.02. The SMILES string of the molecule is CCC(C)C(=O)NC1CCCNCC1. The molecule has 0 aromatic carbocycles. The molecular formula is C11H22N2O. The topological polar surface area (TPSA) is 41.1 Å². The summed E-state index contributed by atoms with van der Waals surface area (Å²) in [5, 5.41) is 6.47. The van der Waals surface area contributed by atoms with Gasteiger partial charge >= 0.3 is 0 Å². The first-order chi connectivity index (χ1) is 6.74. The van der Waals surface area contributed by atoms with Crippen LogP contribution in [0.5, 0.6) is 0 Å². The van der Waals surface area contributed by atoms with Gasteiger partial charge in [0.15, 0.2) is 0 Å². The van der Waals surface area contributed by atoms with E-state index in [1.165, 1.54) is 6.42 Å².